The Labute approximate surface area is 164 Å². The predicted molar refractivity (Wildman–Crippen MR) is 107 cm³/mol. The van der Waals surface area contributed by atoms with Crippen molar-refractivity contribution < 1.29 is 19.1 Å². The molecule has 146 valence electrons. The molecule has 0 spiro atoms. The summed E-state index contributed by atoms with van der Waals surface area (Å²) in [7, 11) is 0. The van der Waals surface area contributed by atoms with Crippen LogP contribution in [0.5, 0.6) is 5.75 Å². The molecule has 0 fully saturated rings. The van der Waals surface area contributed by atoms with Gasteiger partial charge in [0.1, 0.15) is 5.75 Å². The van der Waals surface area contributed by atoms with Crippen molar-refractivity contribution >= 4 is 23.4 Å². The molecule has 3 amide bonds. The smallest absolute Gasteiger partial charge is 0.266 e. The SMILES string of the molecule is CCOc1ccc(N2C(=O)c3ccc(C(=O)NC(C)C(C)C)cc3C2=O)cc1. The van der Waals surface area contributed by atoms with Crippen LogP contribution in [0.25, 0.3) is 0 Å². The number of hydrogen-bond donors (Lipinski definition) is 1. The van der Waals surface area contributed by atoms with Crippen molar-refractivity contribution in [2.24, 2.45) is 5.92 Å². The Hall–Kier alpha value is -3.15. The van der Waals surface area contributed by atoms with E-state index in [-0.39, 0.29) is 23.4 Å². The number of carbonyl (C=O) groups is 3. The summed E-state index contributed by atoms with van der Waals surface area (Å²) in [6.07, 6.45) is 0. The molecule has 6 heteroatoms. The number of carbonyl (C=O) groups excluding carboxylic acids is 3. The second-order valence-electron chi connectivity index (χ2n) is 7.14. The van der Waals surface area contributed by atoms with Crippen LogP contribution >= 0.6 is 0 Å². The number of hydrogen-bond acceptors (Lipinski definition) is 4. The highest BCUT2D eigenvalue weighted by Crippen LogP contribution is 2.30. The van der Waals surface area contributed by atoms with Crippen LogP contribution in [0.4, 0.5) is 5.69 Å². The van der Waals surface area contributed by atoms with Crippen molar-refractivity contribution in [3.8, 4) is 5.75 Å². The molecule has 0 aromatic heterocycles. The van der Waals surface area contributed by atoms with Crippen molar-refractivity contribution in [2.45, 2.75) is 33.7 Å². The zero-order valence-corrected chi connectivity index (χ0v) is 16.5. The Kier molecular flexibility index (Phi) is 5.49. The molecule has 2 aromatic rings. The van der Waals surface area contributed by atoms with Gasteiger partial charge in [0.15, 0.2) is 0 Å². The maximum atomic E-state index is 12.9. The lowest BCUT2D eigenvalue weighted by Gasteiger charge is -2.17. The summed E-state index contributed by atoms with van der Waals surface area (Å²) in [5.41, 5.74) is 1.37. The molecule has 1 aliphatic heterocycles. The first-order valence-corrected chi connectivity index (χ1v) is 9.40. The van der Waals surface area contributed by atoms with Crippen LogP contribution in [-0.2, 0) is 0 Å². The minimum absolute atomic E-state index is 0.00144. The quantitative estimate of drug-likeness (QED) is 0.776. The molecule has 1 heterocycles. The highest BCUT2D eigenvalue weighted by molar-refractivity contribution is 6.34. The number of rotatable bonds is 6. The van der Waals surface area contributed by atoms with Gasteiger partial charge >= 0.3 is 0 Å². The molecule has 0 saturated heterocycles. The number of nitrogens with one attached hydrogen (secondary N) is 1. The molecule has 0 bridgehead atoms. The second-order valence-corrected chi connectivity index (χ2v) is 7.14. The monoisotopic (exact) mass is 380 g/mol. The topological polar surface area (TPSA) is 75.7 Å². The van der Waals surface area contributed by atoms with E-state index in [0.717, 1.165) is 4.90 Å². The lowest BCUT2D eigenvalue weighted by molar-refractivity contribution is 0.0919. The number of fused-ring (bicyclic) bond motifs is 1. The minimum Gasteiger partial charge on any atom is -0.494 e. The fraction of sp³-hybridized carbons (Fsp3) is 0.318. The summed E-state index contributed by atoms with van der Waals surface area (Å²) < 4.78 is 5.40. The molecule has 0 saturated carbocycles. The van der Waals surface area contributed by atoms with E-state index >= 15 is 0 Å². The van der Waals surface area contributed by atoms with E-state index in [4.69, 9.17) is 4.74 Å². The molecule has 1 unspecified atom stereocenters. The van der Waals surface area contributed by atoms with Crippen LogP contribution in [0.2, 0.25) is 0 Å². The van der Waals surface area contributed by atoms with E-state index < -0.39 is 11.8 Å². The maximum absolute atomic E-state index is 12.9. The van der Waals surface area contributed by atoms with Gasteiger partial charge < -0.3 is 10.1 Å². The molecule has 1 aliphatic rings. The number of nitrogens with zero attached hydrogens (tertiary/aromatic N) is 1. The molecule has 0 aliphatic carbocycles. The van der Waals surface area contributed by atoms with E-state index in [2.05, 4.69) is 5.32 Å². The van der Waals surface area contributed by atoms with Gasteiger partial charge in [-0.2, -0.15) is 0 Å². The van der Waals surface area contributed by atoms with Gasteiger partial charge in [-0.1, -0.05) is 13.8 Å². The highest BCUT2D eigenvalue weighted by atomic mass is 16.5. The summed E-state index contributed by atoms with van der Waals surface area (Å²) in [5, 5.41) is 2.91. The standard InChI is InChI=1S/C22H24N2O4/c1-5-28-17-9-7-16(8-10-17)24-21(26)18-11-6-15(12-19(18)22(24)27)20(25)23-14(4)13(2)3/h6-14H,5H2,1-4H3,(H,23,25). The zero-order chi connectivity index (χ0) is 20.4. The normalized spacial score (nSPS) is 14.2. The van der Waals surface area contributed by atoms with Gasteiger partial charge in [-0.15, -0.1) is 0 Å². The van der Waals surface area contributed by atoms with Gasteiger partial charge in [-0.25, -0.2) is 4.90 Å². The molecule has 0 radical (unpaired) electrons. The number of amides is 3. The largest absolute Gasteiger partial charge is 0.494 e. The Balaban J connectivity index is 1.86. The summed E-state index contributed by atoms with van der Waals surface area (Å²) >= 11 is 0. The molecule has 3 rings (SSSR count). The van der Waals surface area contributed by atoms with Gasteiger partial charge in [-0.3, -0.25) is 14.4 Å². The van der Waals surface area contributed by atoms with Crippen LogP contribution in [0.15, 0.2) is 42.5 Å². The number of benzene rings is 2. The van der Waals surface area contributed by atoms with Crippen LogP contribution in [0, 0.1) is 5.92 Å². The van der Waals surface area contributed by atoms with Gasteiger partial charge in [0.2, 0.25) is 0 Å². The van der Waals surface area contributed by atoms with E-state index in [9.17, 15) is 14.4 Å². The van der Waals surface area contributed by atoms with Crippen molar-refractivity contribution in [1.29, 1.82) is 0 Å². The van der Waals surface area contributed by atoms with E-state index in [1.54, 1.807) is 36.4 Å². The molecule has 6 nitrogen and oxygen atoms in total. The van der Waals surface area contributed by atoms with Gasteiger partial charge in [0.25, 0.3) is 17.7 Å². The van der Waals surface area contributed by atoms with Crippen molar-refractivity contribution in [2.75, 3.05) is 11.5 Å². The van der Waals surface area contributed by atoms with Crippen LogP contribution in [0.1, 0.15) is 58.8 Å². The lowest BCUT2D eigenvalue weighted by atomic mass is 10.0. The summed E-state index contributed by atoms with van der Waals surface area (Å²) in [6, 6.07) is 11.4. The third kappa shape index (κ3) is 3.63. The van der Waals surface area contributed by atoms with Crippen molar-refractivity contribution in [3.63, 3.8) is 0 Å². The van der Waals surface area contributed by atoms with Crippen LogP contribution < -0.4 is 15.0 Å². The highest BCUT2D eigenvalue weighted by Gasteiger charge is 2.37. The maximum Gasteiger partial charge on any atom is 0.266 e. The van der Waals surface area contributed by atoms with Crippen molar-refractivity contribution in [3.05, 3.63) is 59.2 Å². The fourth-order valence-electron chi connectivity index (χ4n) is 2.93. The Bertz CT molecular complexity index is 919. The van der Waals surface area contributed by atoms with E-state index in [1.807, 2.05) is 27.7 Å². The lowest BCUT2D eigenvalue weighted by Crippen LogP contribution is -2.36. The number of imide groups is 1. The minimum atomic E-state index is -0.435. The van der Waals surface area contributed by atoms with Gasteiger partial charge in [0.05, 0.1) is 23.4 Å². The van der Waals surface area contributed by atoms with E-state index in [0.29, 0.717) is 29.2 Å². The first-order chi connectivity index (χ1) is 13.3. The molecule has 28 heavy (non-hydrogen) atoms. The summed E-state index contributed by atoms with van der Waals surface area (Å²) in [6.45, 7) is 8.38. The summed E-state index contributed by atoms with van der Waals surface area (Å²) in [4.78, 5) is 39.2. The second kappa shape index (κ2) is 7.84. The Morgan fingerprint density at radius 3 is 2.25 bits per heavy atom. The summed E-state index contributed by atoms with van der Waals surface area (Å²) in [5.74, 6) is -0.135. The van der Waals surface area contributed by atoms with Gasteiger partial charge in [-0.05, 0) is 62.2 Å². The number of anilines is 1. The third-order valence-electron chi connectivity index (χ3n) is 4.91. The van der Waals surface area contributed by atoms with Crippen LogP contribution in [-0.4, -0.2) is 30.4 Å². The molecular weight excluding hydrogens is 356 g/mol. The fourth-order valence-corrected chi connectivity index (χ4v) is 2.93. The zero-order valence-electron chi connectivity index (χ0n) is 16.5. The van der Waals surface area contributed by atoms with Crippen LogP contribution in [0.3, 0.4) is 0 Å². The molecule has 2 aromatic carbocycles. The predicted octanol–water partition coefficient (Wildman–Crippen LogP) is 3.66. The first-order valence-electron chi connectivity index (χ1n) is 9.40. The third-order valence-corrected chi connectivity index (χ3v) is 4.91. The Morgan fingerprint density at radius 2 is 1.64 bits per heavy atom. The number of ether oxygens (including phenoxy) is 1. The van der Waals surface area contributed by atoms with Gasteiger partial charge in [0, 0.05) is 11.6 Å². The molecular formula is C22H24N2O4. The average molecular weight is 380 g/mol. The first kappa shape index (κ1) is 19.6. The molecule has 1 atom stereocenters. The Morgan fingerprint density at radius 1 is 1.00 bits per heavy atom. The average Bonchev–Trinajstić information content (AvgIpc) is 2.93. The molecule has 1 N–H and O–H groups in total. The van der Waals surface area contributed by atoms with Crippen molar-refractivity contribution in [1.82, 2.24) is 5.32 Å². The van der Waals surface area contributed by atoms with E-state index in [1.165, 1.54) is 6.07 Å².